The predicted molar refractivity (Wildman–Crippen MR) is 87.1 cm³/mol. The summed E-state index contributed by atoms with van der Waals surface area (Å²) in [6.45, 7) is 8.84. The molecule has 21 heavy (non-hydrogen) atoms. The number of aromatic nitrogens is 2. The number of hydrogen-bond donors (Lipinski definition) is 0. The van der Waals surface area contributed by atoms with E-state index >= 15 is 0 Å². The van der Waals surface area contributed by atoms with Crippen molar-refractivity contribution in [2.24, 2.45) is 0 Å². The van der Waals surface area contributed by atoms with Gasteiger partial charge in [-0.25, -0.2) is 9.97 Å². The Labute approximate surface area is 131 Å². The van der Waals surface area contributed by atoms with Crippen molar-refractivity contribution in [2.45, 2.75) is 40.0 Å². The van der Waals surface area contributed by atoms with Crippen molar-refractivity contribution < 1.29 is 4.74 Å². The fourth-order valence-corrected chi connectivity index (χ4v) is 2.20. The van der Waals surface area contributed by atoms with Crippen molar-refractivity contribution in [2.75, 3.05) is 6.61 Å². The van der Waals surface area contributed by atoms with E-state index in [4.69, 9.17) is 21.3 Å². The highest BCUT2D eigenvalue weighted by molar-refractivity contribution is 6.30. The van der Waals surface area contributed by atoms with Gasteiger partial charge >= 0.3 is 0 Å². The third kappa shape index (κ3) is 3.53. The van der Waals surface area contributed by atoms with Crippen molar-refractivity contribution in [3.8, 4) is 17.0 Å². The number of halogens is 1. The van der Waals surface area contributed by atoms with E-state index in [1.165, 1.54) is 0 Å². The first-order valence-electron chi connectivity index (χ1n) is 7.30. The average Bonchev–Trinajstić information content (AvgIpc) is 2.48. The molecule has 0 unspecified atom stereocenters. The first kappa shape index (κ1) is 15.8. The van der Waals surface area contributed by atoms with E-state index in [9.17, 15) is 0 Å². The molecule has 0 saturated heterocycles. The zero-order chi connectivity index (χ0) is 15.4. The number of para-hydroxylation sites is 1. The highest BCUT2D eigenvalue weighted by Gasteiger charge is 2.16. The van der Waals surface area contributed by atoms with E-state index in [1.807, 2.05) is 31.2 Å². The van der Waals surface area contributed by atoms with Crippen LogP contribution < -0.4 is 4.74 Å². The first-order chi connectivity index (χ1) is 10.0. The van der Waals surface area contributed by atoms with Gasteiger partial charge < -0.3 is 4.74 Å². The van der Waals surface area contributed by atoms with Gasteiger partial charge in [-0.1, -0.05) is 44.5 Å². The molecule has 112 valence electrons. The molecule has 0 aliphatic rings. The van der Waals surface area contributed by atoms with Crippen molar-refractivity contribution in [1.29, 1.82) is 0 Å². The Morgan fingerprint density at radius 1 is 1.19 bits per heavy atom. The molecule has 0 N–H and O–H groups in total. The summed E-state index contributed by atoms with van der Waals surface area (Å²) in [5, 5.41) is 0.508. The summed E-state index contributed by atoms with van der Waals surface area (Å²) in [7, 11) is 0. The van der Waals surface area contributed by atoms with Crippen molar-refractivity contribution >= 4 is 11.6 Å². The van der Waals surface area contributed by atoms with Gasteiger partial charge in [0.1, 0.15) is 16.7 Å². The summed E-state index contributed by atoms with van der Waals surface area (Å²) in [5.41, 5.74) is 2.70. The zero-order valence-corrected chi connectivity index (χ0v) is 13.7. The smallest absolute Gasteiger partial charge is 0.136 e. The summed E-state index contributed by atoms with van der Waals surface area (Å²) >= 11 is 6.28. The second-order valence-electron chi connectivity index (χ2n) is 5.35. The van der Waals surface area contributed by atoms with Gasteiger partial charge in [0.15, 0.2) is 0 Å². The van der Waals surface area contributed by atoms with Crippen LogP contribution >= 0.6 is 11.6 Å². The maximum absolute atomic E-state index is 6.28. The first-order valence-corrected chi connectivity index (χ1v) is 7.68. The molecule has 1 aromatic heterocycles. The molecule has 0 atom stereocenters. The highest BCUT2D eigenvalue weighted by atomic mass is 35.5. The Morgan fingerprint density at radius 3 is 2.57 bits per heavy atom. The number of rotatable bonds is 5. The van der Waals surface area contributed by atoms with Gasteiger partial charge in [0.25, 0.3) is 0 Å². The third-order valence-electron chi connectivity index (χ3n) is 3.22. The van der Waals surface area contributed by atoms with E-state index in [0.717, 1.165) is 34.8 Å². The summed E-state index contributed by atoms with van der Waals surface area (Å²) in [4.78, 5) is 9.06. The molecule has 0 amide bonds. The fourth-order valence-electron chi connectivity index (χ4n) is 2.03. The van der Waals surface area contributed by atoms with Crippen LogP contribution in [-0.4, -0.2) is 16.6 Å². The second kappa shape index (κ2) is 6.90. The largest absolute Gasteiger partial charge is 0.493 e. The van der Waals surface area contributed by atoms with Crippen LogP contribution in [0, 0.1) is 6.92 Å². The minimum Gasteiger partial charge on any atom is -0.493 e. The molecule has 1 heterocycles. The van der Waals surface area contributed by atoms with Crippen LogP contribution in [0.4, 0.5) is 0 Å². The SMILES string of the molecule is CCCOc1ccccc1-c1nc(C(C)C)nc(Cl)c1C. The maximum atomic E-state index is 6.28. The number of hydrogen-bond acceptors (Lipinski definition) is 3. The molecule has 0 radical (unpaired) electrons. The Kier molecular flexibility index (Phi) is 5.18. The Hall–Kier alpha value is -1.61. The topological polar surface area (TPSA) is 35.0 Å². The zero-order valence-electron chi connectivity index (χ0n) is 13.0. The number of ether oxygens (including phenoxy) is 1. The van der Waals surface area contributed by atoms with Gasteiger partial charge in [0, 0.05) is 17.0 Å². The summed E-state index contributed by atoms with van der Waals surface area (Å²) in [6, 6.07) is 7.94. The van der Waals surface area contributed by atoms with E-state index < -0.39 is 0 Å². The van der Waals surface area contributed by atoms with E-state index in [1.54, 1.807) is 0 Å². The van der Waals surface area contributed by atoms with Crippen LogP contribution in [0.3, 0.4) is 0 Å². The summed E-state index contributed by atoms with van der Waals surface area (Å²) < 4.78 is 5.83. The second-order valence-corrected chi connectivity index (χ2v) is 5.70. The molecule has 0 aliphatic carbocycles. The van der Waals surface area contributed by atoms with Crippen LogP contribution in [-0.2, 0) is 0 Å². The molecule has 0 bridgehead atoms. The lowest BCUT2D eigenvalue weighted by Gasteiger charge is -2.14. The Bertz CT molecular complexity index is 626. The lowest BCUT2D eigenvalue weighted by Crippen LogP contribution is -2.04. The molecule has 3 nitrogen and oxygen atoms in total. The molecular formula is C17H21ClN2O. The van der Waals surface area contributed by atoms with Gasteiger partial charge in [-0.15, -0.1) is 0 Å². The van der Waals surface area contributed by atoms with Crippen LogP contribution in [0.5, 0.6) is 5.75 Å². The van der Waals surface area contributed by atoms with E-state index in [2.05, 4.69) is 25.8 Å². The minimum absolute atomic E-state index is 0.227. The molecule has 2 rings (SSSR count). The Balaban J connectivity index is 2.55. The lowest BCUT2D eigenvalue weighted by molar-refractivity contribution is 0.318. The predicted octanol–water partition coefficient (Wildman–Crippen LogP) is 5.02. The van der Waals surface area contributed by atoms with E-state index in [0.29, 0.717) is 11.8 Å². The number of benzene rings is 1. The molecule has 0 spiro atoms. The molecule has 0 fully saturated rings. The van der Waals surface area contributed by atoms with Crippen LogP contribution in [0.2, 0.25) is 5.15 Å². The average molecular weight is 305 g/mol. The molecular weight excluding hydrogens is 284 g/mol. The standard InChI is InChI=1S/C17H21ClN2O/c1-5-10-21-14-9-7-6-8-13(14)15-12(4)16(18)20-17(19-15)11(2)3/h6-9,11H,5,10H2,1-4H3. The molecule has 4 heteroatoms. The van der Waals surface area contributed by atoms with Gasteiger partial charge in [0.05, 0.1) is 12.3 Å². The van der Waals surface area contributed by atoms with Crippen LogP contribution in [0.15, 0.2) is 24.3 Å². The van der Waals surface area contributed by atoms with E-state index in [-0.39, 0.29) is 5.92 Å². The van der Waals surface area contributed by atoms with Gasteiger partial charge in [-0.05, 0) is 25.5 Å². The highest BCUT2D eigenvalue weighted by Crippen LogP contribution is 2.33. The van der Waals surface area contributed by atoms with Gasteiger partial charge in [-0.3, -0.25) is 0 Å². The van der Waals surface area contributed by atoms with Gasteiger partial charge in [-0.2, -0.15) is 0 Å². The third-order valence-corrected chi connectivity index (χ3v) is 3.59. The lowest BCUT2D eigenvalue weighted by atomic mass is 10.1. The van der Waals surface area contributed by atoms with Crippen LogP contribution in [0.1, 0.15) is 44.5 Å². The molecule has 0 saturated carbocycles. The molecule has 1 aromatic carbocycles. The molecule has 2 aromatic rings. The monoisotopic (exact) mass is 304 g/mol. The van der Waals surface area contributed by atoms with Crippen molar-refractivity contribution in [3.63, 3.8) is 0 Å². The minimum atomic E-state index is 0.227. The summed E-state index contributed by atoms with van der Waals surface area (Å²) in [5.74, 6) is 1.82. The fraction of sp³-hybridized carbons (Fsp3) is 0.412. The van der Waals surface area contributed by atoms with Crippen molar-refractivity contribution in [1.82, 2.24) is 9.97 Å². The quantitative estimate of drug-likeness (QED) is 0.728. The molecule has 0 aliphatic heterocycles. The van der Waals surface area contributed by atoms with Gasteiger partial charge in [0.2, 0.25) is 0 Å². The number of nitrogens with zero attached hydrogens (tertiary/aromatic N) is 2. The Morgan fingerprint density at radius 2 is 1.90 bits per heavy atom. The van der Waals surface area contributed by atoms with Crippen molar-refractivity contribution in [3.05, 3.63) is 40.8 Å². The normalized spacial score (nSPS) is 11.0. The summed E-state index contributed by atoms with van der Waals surface area (Å²) in [6.07, 6.45) is 0.967. The van der Waals surface area contributed by atoms with Crippen LogP contribution in [0.25, 0.3) is 11.3 Å². The maximum Gasteiger partial charge on any atom is 0.136 e.